The quantitative estimate of drug-likeness (QED) is 0.700. The molecule has 5 heteroatoms. The van der Waals surface area contributed by atoms with Crippen LogP contribution in [-0.2, 0) is 0 Å². The third-order valence-electron chi connectivity index (χ3n) is 1.90. The van der Waals surface area contributed by atoms with Crippen LogP contribution in [0.25, 0.3) is 0 Å². The molecule has 0 saturated carbocycles. The summed E-state index contributed by atoms with van der Waals surface area (Å²) in [4.78, 5) is 10.6. The fourth-order valence-corrected chi connectivity index (χ4v) is 1.41. The first-order valence-electron chi connectivity index (χ1n) is 4.04. The minimum Gasteiger partial charge on any atom is -0.478 e. The second kappa shape index (κ2) is 4.41. The highest BCUT2D eigenvalue weighted by Crippen LogP contribution is 2.22. The monoisotopic (exact) mass is 214 g/mol. The van der Waals surface area contributed by atoms with Gasteiger partial charge in [0.15, 0.2) is 0 Å². The number of hydrogen-bond acceptors (Lipinski definition) is 3. The third kappa shape index (κ3) is 2.23. The number of aromatic carboxylic acids is 1. The second-order valence-electron chi connectivity index (χ2n) is 2.88. The highest BCUT2D eigenvalue weighted by Gasteiger charge is 2.11. The summed E-state index contributed by atoms with van der Waals surface area (Å²) < 4.78 is 0. The van der Waals surface area contributed by atoms with Crippen LogP contribution in [-0.4, -0.2) is 17.6 Å². The van der Waals surface area contributed by atoms with Gasteiger partial charge in [0.25, 0.3) is 0 Å². The number of carbonyl (C=O) groups is 1. The molecule has 1 aromatic rings. The van der Waals surface area contributed by atoms with Crippen molar-refractivity contribution in [1.82, 2.24) is 0 Å². The van der Waals surface area contributed by atoms with Crippen LogP contribution in [0.4, 0.5) is 0 Å². The van der Waals surface area contributed by atoms with E-state index in [2.05, 4.69) is 0 Å². The Morgan fingerprint density at radius 2 is 2.21 bits per heavy atom. The maximum absolute atomic E-state index is 10.6. The van der Waals surface area contributed by atoms with Crippen LogP contribution in [0.5, 0.6) is 0 Å². The van der Waals surface area contributed by atoms with Crippen molar-refractivity contribution in [2.45, 2.75) is 6.04 Å². The number of benzene rings is 1. The summed E-state index contributed by atoms with van der Waals surface area (Å²) in [6.07, 6.45) is 0. The Bertz CT molecular complexity index is 355. The smallest absolute Gasteiger partial charge is 0.335 e. The van der Waals surface area contributed by atoms with Gasteiger partial charge in [-0.1, -0.05) is 17.7 Å². The van der Waals surface area contributed by atoms with Crippen LogP contribution in [0.2, 0.25) is 5.02 Å². The maximum Gasteiger partial charge on any atom is 0.335 e. The number of carboxylic acid groups (broad SMARTS) is 1. The molecule has 0 saturated heterocycles. The molecule has 0 aliphatic carbocycles. The van der Waals surface area contributed by atoms with E-state index in [0.29, 0.717) is 10.6 Å². The molecule has 0 heterocycles. The largest absolute Gasteiger partial charge is 0.478 e. The highest BCUT2D eigenvalue weighted by molar-refractivity contribution is 6.31. The lowest BCUT2D eigenvalue weighted by Crippen LogP contribution is -2.21. The molecule has 1 aromatic carbocycles. The Labute approximate surface area is 86.5 Å². The first kappa shape index (κ1) is 11.0. The second-order valence-corrected chi connectivity index (χ2v) is 3.29. The summed E-state index contributed by atoms with van der Waals surface area (Å²) in [5, 5.41) is 9.02. The van der Waals surface area contributed by atoms with Gasteiger partial charge in [0.05, 0.1) is 5.56 Å². The van der Waals surface area contributed by atoms with Crippen molar-refractivity contribution in [2.75, 3.05) is 6.54 Å². The van der Waals surface area contributed by atoms with Gasteiger partial charge in [-0.15, -0.1) is 0 Å². The fourth-order valence-electron chi connectivity index (χ4n) is 1.09. The molecule has 0 amide bonds. The summed E-state index contributed by atoms with van der Waals surface area (Å²) in [6, 6.07) is 4.06. The summed E-state index contributed by atoms with van der Waals surface area (Å²) in [6.45, 7) is 0.270. The van der Waals surface area contributed by atoms with Crippen molar-refractivity contribution in [2.24, 2.45) is 11.5 Å². The zero-order valence-corrected chi connectivity index (χ0v) is 8.16. The van der Waals surface area contributed by atoms with Crippen molar-refractivity contribution < 1.29 is 9.90 Å². The lowest BCUT2D eigenvalue weighted by Gasteiger charge is -2.11. The Kier molecular flexibility index (Phi) is 3.46. The summed E-state index contributed by atoms with van der Waals surface area (Å²) in [7, 11) is 0. The predicted octanol–water partition coefficient (Wildman–Crippen LogP) is 0.997. The maximum atomic E-state index is 10.6. The number of nitrogens with two attached hydrogens (primary N) is 2. The summed E-state index contributed by atoms with van der Waals surface area (Å²) >= 11 is 5.85. The van der Waals surface area contributed by atoms with Gasteiger partial charge in [0.1, 0.15) is 0 Å². The van der Waals surface area contributed by atoms with Gasteiger partial charge in [0.2, 0.25) is 0 Å². The standard InChI is InChI=1S/C9H11ClN2O2/c10-7-3-5(9(13)14)1-2-6(7)8(12)4-11/h1-3,8H,4,11-12H2,(H,13,14)/t8-/m1/s1. The molecule has 14 heavy (non-hydrogen) atoms. The van der Waals surface area contributed by atoms with Gasteiger partial charge in [-0.25, -0.2) is 4.79 Å². The van der Waals surface area contributed by atoms with Gasteiger partial charge in [-0.05, 0) is 17.7 Å². The molecule has 0 aromatic heterocycles. The Morgan fingerprint density at radius 1 is 1.57 bits per heavy atom. The van der Waals surface area contributed by atoms with Crippen molar-refractivity contribution >= 4 is 17.6 Å². The number of halogens is 1. The third-order valence-corrected chi connectivity index (χ3v) is 2.23. The topological polar surface area (TPSA) is 89.3 Å². The predicted molar refractivity (Wildman–Crippen MR) is 54.4 cm³/mol. The average molecular weight is 215 g/mol. The number of rotatable bonds is 3. The van der Waals surface area contributed by atoms with E-state index >= 15 is 0 Å². The SMILES string of the molecule is NC[C@@H](N)c1ccc(C(=O)O)cc1Cl. The molecule has 76 valence electrons. The van der Waals surface area contributed by atoms with Crippen LogP contribution in [0.1, 0.15) is 22.0 Å². The molecule has 5 N–H and O–H groups in total. The normalized spacial score (nSPS) is 12.5. The molecule has 1 rings (SSSR count). The molecule has 4 nitrogen and oxygen atoms in total. The minimum atomic E-state index is -1.01. The zero-order chi connectivity index (χ0) is 10.7. The van der Waals surface area contributed by atoms with E-state index in [0.717, 1.165) is 0 Å². The lowest BCUT2D eigenvalue weighted by molar-refractivity contribution is 0.0697. The highest BCUT2D eigenvalue weighted by atomic mass is 35.5. The molecular weight excluding hydrogens is 204 g/mol. The first-order chi connectivity index (χ1) is 6.56. The summed E-state index contributed by atoms with van der Waals surface area (Å²) in [5.74, 6) is -1.01. The van der Waals surface area contributed by atoms with Crippen LogP contribution < -0.4 is 11.5 Å². The number of carboxylic acids is 1. The van der Waals surface area contributed by atoms with Gasteiger partial charge in [-0.2, -0.15) is 0 Å². The van der Waals surface area contributed by atoms with Gasteiger partial charge >= 0.3 is 5.97 Å². The van der Waals surface area contributed by atoms with E-state index in [1.54, 1.807) is 6.07 Å². The van der Waals surface area contributed by atoms with Crippen molar-refractivity contribution in [3.05, 3.63) is 34.3 Å². The molecule has 0 fully saturated rings. The lowest BCUT2D eigenvalue weighted by atomic mass is 10.1. The minimum absolute atomic E-state index is 0.142. The van der Waals surface area contributed by atoms with Crippen LogP contribution >= 0.6 is 11.6 Å². The fraction of sp³-hybridized carbons (Fsp3) is 0.222. The molecular formula is C9H11ClN2O2. The van der Waals surface area contributed by atoms with Crippen LogP contribution in [0.15, 0.2) is 18.2 Å². The average Bonchev–Trinajstić information content (AvgIpc) is 2.16. The van der Waals surface area contributed by atoms with Gasteiger partial charge in [-0.3, -0.25) is 0 Å². The molecule has 0 bridgehead atoms. The number of hydrogen-bond donors (Lipinski definition) is 3. The van der Waals surface area contributed by atoms with E-state index < -0.39 is 5.97 Å². The Morgan fingerprint density at radius 3 is 2.64 bits per heavy atom. The van der Waals surface area contributed by atoms with Crippen molar-refractivity contribution in [3.8, 4) is 0 Å². The van der Waals surface area contributed by atoms with Crippen LogP contribution in [0, 0.1) is 0 Å². The molecule has 0 spiro atoms. The molecule has 0 aliphatic rings. The van der Waals surface area contributed by atoms with Gasteiger partial charge < -0.3 is 16.6 Å². The van der Waals surface area contributed by atoms with E-state index in [1.807, 2.05) is 0 Å². The van der Waals surface area contributed by atoms with E-state index in [4.69, 9.17) is 28.2 Å². The Balaban J connectivity index is 3.07. The van der Waals surface area contributed by atoms with Gasteiger partial charge in [0, 0.05) is 17.6 Å². The molecule has 0 radical (unpaired) electrons. The molecule has 1 atom stereocenters. The van der Waals surface area contributed by atoms with E-state index in [1.165, 1.54) is 12.1 Å². The van der Waals surface area contributed by atoms with Crippen LogP contribution in [0.3, 0.4) is 0 Å². The molecule has 0 unspecified atom stereocenters. The first-order valence-corrected chi connectivity index (χ1v) is 4.42. The Hall–Kier alpha value is -1.10. The van der Waals surface area contributed by atoms with E-state index in [9.17, 15) is 4.79 Å². The van der Waals surface area contributed by atoms with Crippen molar-refractivity contribution in [3.63, 3.8) is 0 Å². The van der Waals surface area contributed by atoms with Crippen molar-refractivity contribution in [1.29, 1.82) is 0 Å². The molecule has 0 aliphatic heterocycles. The summed E-state index contributed by atoms with van der Waals surface area (Å²) in [5.41, 5.74) is 11.8. The zero-order valence-electron chi connectivity index (χ0n) is 7.40. The van der Waals surface area contributed by atoms with E-state index in [-0.39, 0.29) is 18.2 Å².